The minimum absolute atomic E-state index is 0. The Morgan fingerprint density at radius 3 is 2.27 bits per heavy atom. The number of urea groups is 1. The number of rotatable bonds is 10. The number of hydrogen-bond acceptors (Lipinski definition) is 3. The summed E-state index contributed by atoms with van der Waals surface area (Å²) >= 11 is 0. The Labute approximate surface area is 163 Å². The molecule has 0 spiro atoms. The molecular formula is C19H33ClN4O2. The zero-order valence-electron chi connectivity index (χ0n) is 16.2. The molecule has 0 aliphatic rings. The fraction of sp³-hybridized carbons (Fsp3) is 0.579. The van der Waals surface area contributed by atoms with Gasteiger partial charge in [0.1, 0.15) is 6.04 Å². The minimum Gasteiger partial charge on any atom is -0.353 e. The number of carbonyl (C=O) groups is 2. The lowest BCUT2D eigenvalue weighted by Crippen LogP contribution is -2.51. The summed E-state index contributed by atoms with van der Waals surface area (Å²) in [6.45, 7) is 10.7. The number of benzene rings is 1. The third-order valence-corrected chi connectivity index (χ3v) is 3.75. The molecule has 0 aliphatic carbocycles. The SMILES string of the molecule is CCNCCNC(=O)C(CC(C)C)NC(=O)NCc1ccc(C)cc1.Cl. The number of nitrogens with one attached hydrogen (secondary N) is 4. The van der Waals surface area contributed by atoms with Crippen LogP contribution in [-0.2, 0) is 11.3 Å². The van der Waals surface area contributed by atoms with Gasteiger partial charge in [0.15, 0.2) is 0 Å². The lowest BCUT2D eigenvalue weighted by Gasteiger charge is -2.20. The van der Waals surface area contributed by atoms with E-state index in [9.17, 15) is 9.59 Å². The topological polar surface area (TPSA) is 82.3 Å². The van der Waals surface area contributed by atoms with Gasteiger partial charge in [0, 0.05) is 19.6 Å². The summed E-state index contributed by atoms with van der Waals surface area (Å²) in [5.41, 5.74) is 2.20. The van der Waals surface area contributed by atoms with Crippen molar-refractivity contribution in [2.45, 2.75) is 46.7 Å². The first-order valence-electron chi connectivity index (χ1n) is 9.00. The molecule has 3 amide bonds. The van der Waals surface area contributed by atoms with Crippen LogP contribution in [0.3, 0.4) is 0 Å². The van der Waals surface area contributed by atoms with Gasteiger partial charge in [-0.25, -0.2) is 4.79 Å². The summed E-state index contributed by atoms with van der Waals surface area (Å²) in [4.78, 5) is 24.4. The maximum Gasteiger partial charge on any atom is 0.315 e. The second kappa shape index (κ2) is 13.4. The van der Waals surface area contributed by atoms with E-state index in [1.165, 1.54) is 5.56 Å². The van der Waals surface area contributed by atoms with Crippen molar-refractivity contribution in [2.24, 2.45) is 5.92 Å². The standard InChI is InChI=1S/C19H32N4O2.ClH/c1-5-20-10-11-21-18(24)17(12-14(2)3)23-19(25)22-13-16-8-6-15(4)7-9-16;/h6-9,14,17,20H,5,10-13H2,1-4H3,(H,21,24)(H2,22,23,25);1H. The third-order valence-electron chi connectivity index (χ3n) is 3.75. The van der Waals surface area contributed by atoms with Gasteiger partial charge in [0.2, 0.25) is 5.91 Å². The second-order valence-corrected chi connectivity index (χ2v) is 6.64. The van der Waals surface area contributed by atoms with Gasteiger partial charge in [0.25, 0.3) is 0 Å². The Morgan fingerprint density at radius 1 is 1.04 bits per heavy atom. The fourth-order valence-corrected chi connectivity index (χ4v) is 2.37. The number of carbonyl (C=O) groups excluding carboxylic acids is 2. The summed E-state index contributed by atoms with van der Waals surface area (Å²) in [7, 11) is 0. The number of amides is 3. The van der Waals surface area contributed by atoms with Crippen LogP contribution in [0.4, 0.5) is 4.79 Å². The second-order valence-electron chi connectivity index (χ2n) is 6.64. The number of halogens is 1. The van der Waals surface area contributed by atoms with Crippen molar-refractivity contribution in [1.29, 1.82) is 0 Å². The molecule has 7 heteroatoms. The van der Waals surface area contributed by atoms with Crippen LogP contribution in [0.1, 0.15) is 38.3 Å². The number of aryl methyl sites for hydroxylation is 1. The van der Waals surface area contributed by atoms with E-state index < -0.39 is 6.04 Å². The van der Waals surface area contributed by atoms with Crippen LogP contribution in [0.25, 0.3) is 0 Å². The van der Waals surface area contributed by atoms with Crippen molar-refractivity contribution in [3.63, 3.8) is 0 Å². The smallest absolute Gasteiger partial charge is 0.315 e. The van der Waals surface area contributed by atoms with E-state index in [4.69, 9.17) is 0 Å². The van der Waals surface area contributed by atoms with Crippen LogP contribution in [0.15, 0.2) is 24.3 Å². The molecule has 1 unspecified atom stereocenters. The average molecular weight is 385 g/mol. The molecule has 0 fully saturated rings. The predicted molar refractivity (Wildman–Crippen MR) is 109 cm³/mol. The van der Waals surface area contributed by atoms with Crippen LogP contribution in [0.2, 0.25) is 0 Å². The third kappa shape index (κ3) is 10.3. The van der Waals surface area contributed by atoms with E-state index in [-0.39, 0.29) is 24.3 Å². The highest BCUT2D eigenvalue weighted by Gasteiger charge is 2.21. The van der Waals surface area contributed by atoms with Crippen LogP contribution >= 0.6 is 12.4 Å². The maximum atomic E-state index is 12.3. The van der Waals surface area contributed by atoms with Gasteiger partial charge >= 0.3 is 6.03 Å². The van der Waals surface area contributed by atoms with Gasteiger partial charge in [-0.3, -0.25) is 4.79 Å². The average Bonchev–Trinajstić information content (AvgIpc) is 2.57. The van der Waals surface area contributed by atoms with Crippen LogP contribution in [0, 0.1) is 12.8 Å². The zero-order valence-corrected chi connectivity index (χ0v) is 17.0. The van der Waals surface area contributed by atoms with Gasteiger partial charge in [-0.15, -0.1) is 12.4 Å². The van der Waals surface area contributed by atoms with E-state index in [0.29, 0.717) is 25.4 Å². The van der Waals surface area contributed by atoms with Gasteiger partial charge in [-0.2, -0.15) is 0 Å². The van der Waals surface area contributed by atoms with Gasteiger partial charge in [-0.1, -0.05) is 50.6 Å². The predicted octanol–water partition coefficient (Wildman–Crippen LogP) is 2.36. The summed E-state index contributed by atoms with van der Waals surface area (Å²) in [5, 5.41) is 11.6. The molecule has 1 aromatic carbocycles. The summed E-state index contributed by atoms with van der Waals surface area (Å²) in [6, 6.07) is 7.12. The summed E-state index contributed by atoms with van der Waals surface area (Å²) in [5.74, 6) is 0.166. The molecule has 0 saturated heterocycles. The highest BCUT2D eigenvalue weighted by Crippen LogP contribution is 2.05. The number of hydrogen-bond donors (Lipinski definition) is 4. The molecule has 1 rings (SSSR count). The van der Waals surface area contributed by atoms with Crippen molar-refractivity contribution in [2.75, 3.05) is 19.6 Å². The zero-order chi connectivity index (χ0) is 18.7. The molecular weight excluding hydrogens is 352 g/mol. The normalized spacial score (nSPS) is 11.4. The van der Waals surface area contributed by atoms with E-state index in [0.717, 1.165) is 18.7 Å². The van der Waals surface area contributed by atoms with Crippen LogP contribution in [0.5, 0.6) is 0 Å². The molecule has 1 aromatic rings. The summed E-state index contributed by atoms with van der Waals surface area (Å²) < 4.78 is 0. The molecule has 0 saturated carbocycles. The lowest BCUT2D eigenvalue weighted by molar-refractivity contribution is -0.123. The largest absolute Gasteiger partial charge is 0.353 e. The molecule has 6 nitrogen and oxygen atoms in total. The van der Waals surface area contributed by atoms with Gasteiger partial charge in [0.05, 0.1) is 0 Å². The van der Waals surface area contributed by atoms with E-state index in [1.54, 1.807) is 0 Å². The van der Waals surface area contributed by atoms with Crippen molar-refractivity contribution in [3.05, 3.63) is 35.4 Å². The fourth-order valence-electron chi connectivity index (χ4n) is 2.37. The first kappa shape index (κ1) is 24.2. The maximum absolute atomic E-state index is 12.3. The molecule has 1 atom stereocenters. The molecule has 26 heavy (non-hydrogen) atoms. The lowest BCUT2D eigenvalue weighted by atomic mass is 10.0. The summed E-state index contributed by atoms with van der Waals surface area (Å²) in [6.07, 6.45) is 0.602. The van der Waals surface area contributed by atoms with E-state index in [2.05, 4.69) is 21.3 Å². The Morgan fingerprint density at radius 2 is 1.69 bits per heavy atom. The monoisotopic (exact) mass is 384 g/mol. The van der Waals surface area contributed by atoms with Crippen molar-refractivity contribution < 1.29 is 9.59 Å². The Hall–Kier alpha value is -1.79. The Kier molecular flexibility index (Phi) is 12.5. The Balaban J connectivity index is 0.00000625. The van der Waals surface area contributed by atoms with Crippen molar-refractivity contribution >= 4 is 24.3 Å². The highest BCUT2D eigenvalue weighted by atomic mass is 35.5. The molecule has 4 N–H and O–H groups in total. The molecule has 0 heterocycles. The van der Waals surface area contributed by atoms with Crippen molar-refractivity contribution in [3.8, 4) is 0 Å². The van der Waals surface area contributed by atoms with E-state index >= 15 is 0 Å². The van der Waals surface area contributed by atoms with Crippen LogP contribution < -0.4 is 21.3 Å². The molecule has 0 radical (unpaired) electrons. The van der Waals surface area contributed by atoms with Gasteiger partial charge < -0.3 is 21.3 Å². The minimum atomic E-state index is -0.528. The highest BCUT2D eigenvalue weighted by molar-refractivity contribution is 5.87. The first-order chi connectivity index (χ1) is 11.9. The van der Waals surface area contributed by atoms with E-state index in [1.807, 2.05) is 52.0 Å². The van der Waals surface area contributed by atoms with Crippen molar-refractivity contribution in [1.82, 2.24) is 21.3 Å². The van der Waals surface area contributed by atoms with Crippen LogP contribution in [-0.4, -0.2) is 37.6 Å². The molecule has 0 aromatic heterocycles. The van der Waals surface area contributed by atoms with Gasteiger partial charge in [-0.05, 0) is 31.4 Å². The molecule has 148 valence electrons. The first-order valence-corrected chi connectivity index (χ1v) is 9.00. The molecule has 0 bridgehead atoms. The number of likely N-dealkylation sites (N-methyl/N-ethyl adjacent to an activating group) is 1. The quantitative estimate of drug-likeness (QED) is 0.467. The molecule has 0 aliphatic heterocycles. The Bertz CT molecular complexity index is 535.